The van der Waals surface area contributed by atoms with Crippen molar-refractivity contribution in [1.82, 2.24) is 9.55 Å². The Labute approximate surface area is 269 Å². The first-order chi connectivity index (χ1) is 20.6. The van der Waals surface area contributed by atoms with Crippen molar-refractivity contribution in [3.8, 4) is 11.5 Å². The lowest BCUT2D eigenvalue weighted by Gasteiger charge is -2.20. The number of ether oxygens (including phenoxy) is 3. The third-order valence-electron chi connectivity index (χ3n) is 6.60. The van der Waals surface area contributed by atoms with Gasteiger partial charge in [0.1, 0.15) is 23.7 Å². The van der Waals surface area contributed by atoms with Gasteiger partial charge in [0.2, 0.25) is 0 Å². The summed E-state index contributed by atoms with van der Waals surface area (Å²) in [5.74, 6) is -2.08. The molecule has 1 unspecified atom stereocenters. The summed E-state index contributed by atoms with van der Waals surface area (Å²) < 4.78 is 49.2. The highest BCUT2D eigenvalue weighted by Gasteiger charge is 2.20. The lowest BCUT2D eigenvalue weighted by Crippen LogP contribution is -2.24. The minimum atomic E-state index is -1.23. The standard InChI is InChI=1S/C32H44ClF2N3O4SSi/c1-21(9-10-28(39)42-32(2,3)4)18-37-27(43-5)17-22-15-24(34)30(25(35)16-22)41-26-11-12-36-31-29(26)23(33)19-38(31)20-40-13-14-44(6,7)8/h11-12,15-16,19,21H,9-10,13-14,17-18,20H2,1-8H3. The molecular formula is C32H44ClF2N3O4SSi. The Morgan fingerprint density at radius 3 is 2.50 bits per heavy atom. The summed E-state index contributed by atoms with van der Waals surface area (Å²) in [6.45, 7) is 15.7. The van der Waals surface area contributed by atoms with Crippen LogP contribution in [0.15, 0.2) is 35.6 Å². The topological polar surface area (TPSA) is 74.9 Å². The Hall–Kier alpha value is -2.47. The monoisotopic (exact) mass is 667 g/mol. The Bertz CT molecular complexity index is 1450. The molecule has 1 atom stereocenters. The second-order valence-electron chi connectivity index (χ2n) is 13.1. The van der Waals surface area contributed by atoms with Crippen LogP contribution in [0.5, 0.6) is 11.5 Å². The van der Waals surface area contributed by atoms with Crippen molar-refractivity contribution in [1.29, 1.82) is 0 Å². The zero-order valence-corrected chi connectivity index (χ0v) is 29.5. The number of thioether (sulfide) groups is 1. The van der Waals surface area contributed by atoms with Gasteiger partial charge in [0.25, 0.3) is 0 Å². The van der Waals surface area contributed by atoms with Crippen molar-refractivity contribution in [2.75, 3.05) is 19.4 Å². The van der Waals surface area contributed by atoms with Crippen LogP contribution in [-0.4, -0.2) is 53.6 Å². The summed E-state index contributed by atoms with van der Waals surface area (Å²) in [6.07, 6.45) is 6.27. The normalized spacial score (nSPS) is 13.4. The maximum Gasteiger partial charge on any atom is 0.306 e. The lowest BCUT2D eigenvalue weighted by molar-refractivity contribution is -0.155. The molecule has 3 aromatic rings. The molecule has 2 aromatic heterocycles. The van der Waals surface area contributed by atoms with Gasteiger partial charge in [-0.3, -0.25) is 9.79 Å². The summed E-state index contributed by atoms with van der Waals surface area (Å²) in [4.78, 5) is 21.0. The molecule has 0 amide bonds. The molecule has 2 heterocycles. The minimum Gasteiger partial charge on any atom is -0.460 e. The van der Waals surface area contributed by atoms with Crippen molar-refractivity contribution in [3.63, 3.8) is 0 Å². The van der Waals surface area contributed by atoms with Crippen LogP contribution in [0.1, 0.15) is 46.1 Å². The molecule has 0 fully saturated rings. The van der Waals surface area contributed by atoms with E-state index in [2.05, 4.69) is 29.6 Å². The van der Waals surface area contributed by atoms with Gasteiger partial charge in [0.05, 0.1) is 15.5 Å². The second-order valence-corrected chi connectivity index (χ2v) is 20.0. The summed E-state index contributed by atoms with van der Waals surface area (Å²) in [7, 11) is -1.23. The van der Waals surface area contributed by atoms with E-state index < -0.39 is 31.1 Å². The molecule has 12 heteroatoms. The molecule has 0 bridgehead atoms. The van der Waals surface area contributed by atoms with Gasteiger partial charge >= 0.3 is 5.97 Å². The van der Waals surface area contributed by atoms with E-state index in [1.165, 1.54) is 36.2 Å². The average molecular weight is 668 g/mol. The average Bonchev–Trinajstić information content (AvgIpc) is 3.24. The van der Waals surface area contributed by atoms with Crippen LogP contribution < -0.4 is 4.74 Å². The predicted octanol–water partition coefficient (Wildman–Crippen LogP) is 9.13. The van der Waals surface area contributed by atoms with Gasteiger partial charge in [0, 0.05) is 46.5 Å². The molecule has 0 spiro atoms. The summed E-state index contributed by atoms with van der Waals surface area (Å²) in [5, 5.41) is 1.52. The van der Waals surface area contributed by atoms with E-state index in [0.717, 1.165) is 11.1 Å². The van der Waals surface area contributed by atoms with Gasteiger partial charge in [-0.15, -0.1) is 11.8 Å². The first-order valence-corrected chi connectivity index (χ1v) is 20.0. The molecule has 242 valence electrons. The van der Waals surface area contributed by atoms with E-state index in [-0.39, 0.29) is 30.8 Å². The fourth-order valence-electron chi connectivity index (χ4n) is 4.26. The minimum absolute atomic E-state index is 0.143. The van der Waals surface area contributed by atoms with Crippen LogP contribution >= 0.6 is 23.4 Å². The second kappa shape index (κ2) is 15.7. The fourth-order valence-corrected chi connectivity index (χ4v) is 5.82. The van der Waals surface area contributed by atoms with Crippen LogP contribution in [0.4, 0.5) is 8.78 Å². The number of hydrogen-bond acceptors (Lipinski definition) is 7. The van der Waals surface area contributed by atoms with E-state index in [0.29, 0.717) is 47.6 Å². The van der Waals surface area contributed by atoms with E-state index in [4.69, 9.17) is 25.8 Å². The number of hydrogen-bond donors (Lipinski definition) is 0. The zero-order chi connectivity index (χ0) is 32.7. The molecule has 3 rings (SSSR count). The molecule has 44 heavy (non-hydrogen) atoms. The largest absolute Gasteiger partial charge is 0.460 e. The van der Waals surface area contributed by atoms with E-state index in [9.17, 15) is 4.79 Å². The van der Waals surface area contributed by atoms with Gasteiger partial charge in [-0.2, -0.15) is 0 Å². The number of halogens is 3. The molecule has 0 radical (unpaired) electrons. The highest BCUT2D eigenvalue weighted by Crippen LogP contribution is 2.37. The van der Waals surface area contributed by atoms with Crippen molar-refractivity contribution >= 4 is 53.5 Å². The van der Waals surface area contributed by atoms with Crippen LogP contribution in [0.3, 0.4) is 0 Å². The van der Waals surface area contributed by atoms with Crippen LogP contribution in [0.2, 0.25) is 30.7 Å². The van der Waals surface area contributed by atoms with Gasteiger partial charge in [0.15, 0.2) is 17.4 Å². The molecule has 0 saturated heterocycles. The highest BCUT2D eigenvalue weighted by molar-refractivity contribution is 8.13. The Morgan fingerprint density at radius 1 is 1.20 bits per heavy atom. The first-order valence-electron chi connectivity index (χ1n) is 14.7. The molecule has 1 aromatic carbocycles. The Morgan fingerprint density at radius 2 is 1.89 bits per heavy atom. The van der Waals surface area contributed by atoms with Gasteiger partial charge in [-0.05, 0) is 69.2 Å². The van der Waals surface area contributed by atoms with Crippen molar-refractivity contribution in [2.45, 2.75) is 85.0 Å². The first kappa shape index (κ1) is 36.0. The smallest absolute Gasteiger partial charge is 0.306 e. The molecule has 0 saturated carbocycles. The number of fused-ring (bicyclic) bond motifs is 1. The van der Waals surface area contributed by atoms with Crippen LogP contribution in [0.25, 0.3) is 11.0 Å². The number of benzene rings is 1. The molecular weight excluding hydrogens is 624 g/mol. The molecule has 0 N–H and O–H groups in total. The van der Waals surface area contributed by atoms with Crippen molar-refractivity contribution < 1.29 is 27.8 Å². The maximum atomic E-state index is 15.2. The van der Waals surface area contributed by atoms with E-state index in [1.807, 2.05) is 34.0 Å². The fraction of sp³-hybridized carbons (Fsp3) is 0.531. The number of nitrogens with zero attached hydrogens (tertiary/aromatic N) is 3. The quantitative estimate of drug-likeness (QED) is 0.0561. The predicted molar refractivity (Wildman–Crippen MR) is 179 cm³/mol. The van der Waals surface area contributed by atoms with Gasteiger partial charge < -0.3 is 18.8 Å². The number of esters is 1. The molecule has 0 aliphatic rings. The number of rotatable bonds is 14. The highest BCUT2D eigenvalue weighted by atomic mass is 35.5. The summed E-state index contributed by atoms with van der Waals surface area (Å²) in [5.41, 5.74) is 0.418. The molecule has 7 nitrogen and oxygen atoms in total. The number of pyridine rings is 1. The molecule has 0 aliphatic heterocycles. The maximum absolute atomic E-state index is 15.2. The SMILES string of the molecule is CSC(Cc1cc(F)c(Oc2ccnc3c2c(Cl)cn3COCC[Si](C)(C)C)c(F)c1)=NCC(C)CCC(=O)OC(C)(C)C. The van der Waals surface area contributed by atoms with Gasteiger partial charge in [-0.25, -0.2) is 13.8 Å². The van der Waals surface area contributed by atoms with E-state index in [1.54, 1.807) is 10.8 Å². The summed E-state index contributed by atoms with van der Waals surface area (Å²) >= 11 is 7.93. The third-order valence-corrected chi connectivity index (χ3v) is 9.34. The number of aliphatic imine (C=N–C) groups is 1. The van der Waals surface area contributed by atoms with Crippen molar-refractivity contribution in [2.24, 2.45) is 10.9 Å². The van der Waals surface area contributed by atoms with Crippen LogP contribution in [0, 0.1) is 17.6 Å². The Kier molecular flexibility index (Phi) is 12.8. The molecule has 0 aliphatic carbocycles. The zero-order valence-electron chi connectivity index (χ0n) is 26.9. The van der Waals surface area contributed by atoms with Gasteiger partial charge in [-0.1, -0.05) is 38.2 Å². The Balaban J connectivity index is 1.68. The number of aromatic nitrogens is 2. The summed E-state index contributed by atoms with van der Waals surface area (Å²) in [6, 6.07) is 5.07. The third kappa shape index (κ3) is 11.2. The lowest BCUT2D eigenvalue weighted by atomic mass is 10.1. The van der Waals surface area contributed by atoms with Crippen LogP contribution in [-0.2, 0) is 27.4 Å². The number of carbonyl (C=O) groups excluding carboxylic acids is 1. The number of carbonyl (C=O) groups is 1. The van der Waals surface area contributed by atoms with Crippen molar-refractivity contribution in [3.05, 3.63) is 52.8 Å². The van der Waals surface area contributed by atoms with E-state index >= 15 is 8.78 Å².